The largest absolute Gasteiger partial charge is 0.390 e. The van der Waals surface area contributed by atoms with Crippen molar-refractivity contribution >= 4 is 17.6 Å². The number of alkyl halides is 3. The van der Waals surface area contributed by atoms with Crippen molar-refractivity contribution in [2.75, 3.05) is 33.4 Å². The molecule has 0 amide bonds. The van der Waals surface area contributed by atoms with Crippen LogP contribution in [0, 0.1) is 0 Å². The molecule has 1 fully saturated rings. The summed E-state index contributed by atoms with van der Waals surface area (Å²) < 4.78 is 42.3. The molecule has 0 unspecified atom stereocenters. The van der Waals surface area contributed by atoms with Gasteiger partial charge in [-0.15, -0.1) is 0 Å². The van der Waals surface area contributed by atoms with E-state index in [0.717, 1.165) is 18.4 Å². The van der Waals surface area contributed by atoms with Crippen LogP contribution in [0.2, 0.25) is 5.02 Å². The van der Waals surface area contributed by atoms with E-state index in [-0.39, 0.29) is 12.0 Å². The number of nitrogens with one attached hydrogen (secondary N) is 2. The van der Waals surface area contributed by atoms with Gasteiger partial charge in [-0.1, -0.05) is 29.8 Å². The van der Waals surface area contributed by atoms with Gasteiger partial charge in [0.2, 0.25) is 0 Å². The number of guanidine groups is 1. The molecular formula is C17H23ClF3N3O. The first kappa shape index (κ1) is 19.8. The van der Waals surface area contributed by atoms with Crippen molar-refractivity contribution in [2.24, 2.45) is 4.99 Å². The van der Waals surface area contributed by atoms with Crippen molar-refractivity contribution in [3.05, 3.63) is 34.9 Å². The smallest absolute Gasteiger partial charge is 0.381 e. The van der Waals surface area contributed by atoms with Crippen molar-refractivity contribution in [1.29, 1.82) is 0 Å². The minimum Gasteiger partial charge on any atom is -0.381 e. The zero-order chi connectivity index (χ0) is 18.3. The minimum atomic E-state index is -4.19. The molecule has 25 heavy (non-hydrogen) atoms. The van der Waals surface area contributed by atoms with Gasteiger partial charge in [-0.25, -0.2) is 0 Å². The van der Waals surface area contributed by atoms with Gasteiger partial charge in [0.1, 0.15) is 0 Å². The number of rotatable bonds is 5. The molecule has 140 valence electrons. The fourth-order valence-electron chi connectivity index (χ4n) is 2.99. The van der Waals surface area contributed by atoms with E-state index in [2.05, 4.69) is 15.6 Å². The highest BCUT2D eigenvalue weighted by atomic mass is 35.5. The summed E-state index contributed by atoms with van der Waals surface area (Å²) in [7, 11) is 1.54. The number of ether oxygens (including phenoxy) is 1. The molecule has 1 aliphatic rings. The number of nitrogens with zero attached hydrogens (tertiary/aromatic N) is 1. The van der Waals surface area contributed by atoms with Gasteiger partial charge >= 0.3 is 6.18 Å². The third-order valence-electron chi connectivity index (χ3n) is 4.41. The maximum Gasteiger partial charge on any atom is 0.390 e. The number of hydrogen-bond acceptors (Lipinski definition) is 2. The van der Waals surface area contributed by atoms with Crippen LogP contribution in [-0.4, -0.2) is 45.5 Å². The average molecular weight is 378 g/mol. The third kappa shape index (κ3) is 5.78. The topological polar surface area (TPSA) is 45.7 Å². The molecule has 1 heterocycles. The predicted octanol–water partition coefficient (Wildman–Crippen LogP) is 3.51. The molecule has 0 aliphatic carbocycles. The van der Waals surface area contributed by atoms with E-state index in [1.807, 2.05) is 24.3 Å². The van der Waals surface area contributed by atoms with E-state index in [4.69, 9.17) is 16.3 Å². The molecule has 1 aromatic rings. The summed E-state index contributed by atoms with van der Waals surface area (Å²) in [6, 6.07) is 7.67. The number of benzene rings is 1. The second-order valence-electron chi connectivity index (χ2n) is 6.09. The zero-order valence-corrected chi connectivity index (χ0v) is 14.9. The molecule has 0 saturated carbocycles. The maximum atomic E-state index is 12.3. The van der Waals surface area contributed by atoms with Crippen LogP contribution in [0.25, 0.3) is 0 Å². The summed E-state index contributed by atoms with van der Waals surface area (Å²) in [5.74, 6) is 0.349. The summed E-state index contributed by atoms with van der Waals surface area (Å²) in [5.41, 5.74) is 0.788. The number of aliphatic imine (C=N–C) groups is 1. The molecule has 0 bridgehead atoms. The lowest BCUT2D eigenvalue weighted by Gasteiger charge is -2.38. The summed E-state index contributed by atoms with van der Waals surface area (Å²) >= 11 is 6.39. The van der Waals surface area contributed by atoms with Gasteiger partial charge in [0, 0.05) is 43.8 Å². The monoisotopic (exact) mass is 377 g/mol. The lowest BCUT2D eigenvalue weighted by molar-refractivity contribution is -0.132. The summed E-state index contributed by atoms with van der Waals surface area (Å²) in [6.07, 6.45) is -3.53. The van der Waals surface area contributed by atoms with Crippen LogP contribution in [-0.2, 0) is 10.2 Å². The third-order valence-corrected chi connectivity index (χ3v) is 4.74. The van der Waals surface area contributed by atoms with Crippen LogP contribution in [0.5, 0.6) is 0 Å². The van der Waals surface area contributed by atoms with E-state index in [9.17, 15) is 13.2 Å². The first-order valence-electron chi connectivity index (χ1n) is 8.20. The normalized spacial score (nSPS) is 18.0. The standard InChI is InChI=1S/C17H23ClF3N3O/c1-22-15(23-9-6-17(19,20)21)24-12-16(7-10-25-11-8-16)13-4-2-3-5-14(13)18/h2-5H,6-12H2,1H3,(H2,22,23,24). The molecule has 4 nitrogen and oxygen atoms in total. The van der Waals surface area contributed by atoms with Crippen molar-refractivity contribution in [3.63, 3.8) is 0 Å². The molecule has 0 radical (unpaired) electrons. The van der Waals surface area contributed by atoms with Gasteiger partial charge in [-0.2, -0.15) is 13.2 Å². The first-order chi connectivity index (χ1) is 11.9. The first-order valence-corrected chi connectivity index (χ1v) is 8.58. The molecule has 2 rings (SSSR count). The van der Waals surface area contributed by atoms with E-state index >= 15 is 0 Å². The van der Waals surface area contributed by atoms with Gasteiger partial charge in [0.15, 0.2) is 5.96 Å². The van der Waals surface area contributed by atoms with Crippen LogP contribution in [0.4, 0.5) is 13.2 Å². The van der Waals surface area contributed by atoms with Gasteiger partial charge in [0.25, 0.3) is 0 Å². The lowest BCUT2D eigenvalue weighted by atomic mass is 9.74. The molecule has 1 saturated heterocycles. The van der Waals surface area contributed by atoms with Gasteiger partial charge < -0.3 is 15.4 Å². The van der Waals surface area contributed by atoms with Crippen molar-refractivity contribution in [1.82, 2.24) is 10.6 Å². The highest BCUT2D eigenvalue weighted by molar-refractivity contribution is 6.31. The Morgan fingerprint density at radius 3 is 2.52 bits per heavy atom. The molecule has 8 heteroatoms. The summed E-state index contributed by atoms with van der Waals surface area (Å²) in [4.78, 5) is 4.00. The second-order valence-corrected chi connectivity index (χ2v) is 6.50. The molecule has 0 atom stereocenters. The minimum absolute atomic E-state index is 0.217. The average Bonchev–Trinajstić information content (AvgIpc) is 2.58. The Labute approximate surface area is 150 Å². The summed E-state index contributed by atoms with van der Waals surface area (Å²) in [5, 5.41) is 6.54. The summed E-state index contributed by atoms with van der Waals surface area (Å²) in [6.45, 7) is 1.54. The van der Waals surface area contributed by atoms with Crippen molar-refractivity contribution < 1.29 is 17.9 Å². The molecule has 2 N–H and O–H groups in total. The number of halogens is 4. The quantitative estimate of drug-likeness (QED) is 0.609. The van der Waals surface area contributed by atoms with E-state index in [1.165, 1.54) is 7.05 Å². The van der Waals surface area contributed by atoms with Crippen LogP contribution in [0.1, 0.15) is 24.8 Å². The van der Waals surface area contributed by atoms with Crippen LogP contribution in [0.3, 0.4) is 0 Å². The van der Waals surface area contributed by atoms with Crippen LogP contribution in [0.15, 0.2) is 29.3 Å². The molecular weight excluding hydrogens is 355 g/mol. The van der Waals surface area contributed by atoms with E-state index in [1.54, 1.807) is 0 Å². The van der Waals surface area contributed by atoms with Gasteiger partial charge in [-0.3, -0.25) is 4.99 Å². The Bertz CT molecular complexity index is 587. The van der Waals surface area contributed by atoms with Crippen LogP contribution >= 0.6 is 11.6 Å². The predicted molar refractivity (Wildman–Crippen MR) is 93.2 cm³/mol. The van der Waals surface area contributed by atoms with Crippen molar-refractivity contribution in [2.45, 2.75) is 30.9 Å². The molecule has 1 aromatic carbocycles. The maximum absolute atomic E-state index is 12.3. The Morgan fingerprint density at radius 2 is 1.92 bits per heavy atom. The van der Waals surface area contributed by atoms with Gasteiger partial charge in [-0.05, 0) is 24.5 Å². The Morgan fingerprint density at radius 1 is 1.24 bits per heavy atom. The fraction of sp³-hybridized carbons (Fsp3) is 0.588. The van der Waals surface area contributed by atoms with E-state index < -0.39 is 12.6 Å². The lowest BCUT2D eigenvalue weighted by Crippen LogP contribution is -2.48. The molecule has 0 aromatic heterocycles. The van der Waals surface area contributed by atoms with Gasteiger partial charge in [0.05, 0.1) is 6.42 Å². The SMILES string of the molecule is CN=C(NCCC(F)(F)F)NCC1(c2ccccc2Cl)CCOCC1. The Balaban J connectivity index is 2.04. The van der Waals surface area contributed by atoms with Crippen LogP contribution < -0.4 is 10.6 Å². The zero-order valence-electron chi connectivity index (χ0n) is 14.1. The second kappa shape index (κ2) is 8.76. The van der Waals surface area contributed by atoms with E-state index in [0.29, 0.717) is 30.7 Å². The molecule has 1 aliphatic heterocycles. The number of hydrogen-bond donors (Lipinski definition) is 2. The molecule has 0 spiro atoms. The fourth-order valence-corrected chi connectivity index (χ4v) is 3.33. The highest BCUT2D eigenvalue weighted by Crippen LogP contribution is 2.38. The highest BCUT2D eigenvalue weighted by Gasteiger charge is 2.36. The van der Waals surface area contributed by atoms with Crippen molar-refractivity contribution in [3.8, 4) is 0 Å². The Hall–Kier alpha value is -1.47. The Kier molecular flexibility index (Phi) is 6.95.